The van der Waals surface area contributed by atoms with E-state index in [1.165, 1.54) is 5.56 Å². The molecular formula is C15H14N4O. The van der Waals surface area contributed by atoms with E-state index in [4.69, 9.17) is 0 Å². The summed E-state index contributed by atoms with van der Waals surface area (Å²) in [5.74, 6) is 0.303. The third-order valence-corrected chi connectivity index (χ3v) is 3.21. The lowest BCUT2D eigenvalue weighted by molar-refractivity contribution is -0.105. The molecule has 0 bridgehead atoms. The van der Waals surface area contributed by atoms with Gasteiger partial charge in [-0.2, -0.15) is 4.98 Å². The van der Waals surface area contributed by atoms with Gasteiger partial charge in [-0.25, -0.2) is 4.52 Å². The van der Waals surface area contributed by atoms with Crippen LogP contribution in [0.1, 0.15) is 12.5 Å². The first-order valence-electron chi connectivity index (χ1n) is 6.47. The smallest absolute Gasteiger partial charge is 0.249 e. The maximum Gasteiger partial charge on any atom is 0.249 e. The van der Waals surface area contributed by atoms with Gasteiger partial charge in [0.1, 0.15) is 0 Å². The molecule has 0 atom stereocenters. The number of benzene rings is 1. The highest BCUT2D eigenvalue weighted by Crippen LogP contribution is 2.21. The number of amides is 1. The molecule has 0 saturated carbocycles. The van der Waals surface area contributed by atoms with Crippen LogP contribution in [-0.4, -0.2) is 21.0 Å². The molecule has 0 unspecified atom stereocenters. The van der Waals surface area contributed by atoms with Gasteiger partial charge in [-0.05, 0) is 24.1 Å². The van der Waals surface area contributed by atoms with Crippen molar-refractivity contribution in [3.63, 3.8) is 0 Å². The fraction of sp³-hybridized carbons (Fsp3) is 0.133. The lowest BCUT2D eigenvalue weighted by atomic mass is 10.1. The topological polar surface area (TPSA) is 59.3 Å². The fourth-order valence-electron chi connectivity index (χ4n) is 2.15. The summed E-state index contributed by atoms with van der Waals surface area (Å²) < 4.78 is 1.73. The monoisotopic (exact) mass is 266 g/mol. The Morgan fingerprint density at radius 2 is 2.00 bits per heavy atom. The molecule has 100 valence electrons. The number of anilines is 1. The Bertz CT molecular complexity index is 746. The van der Waals surface area contributed by atoms with Crippen LogP contribution in [0.2, 0.25) is 0 Å². The predicted molar refractivity (Wildman–Crippen MR) is 77.5 cm³/mol. The second-order valence-corrected chi connectivity index (χ2v) is 4.43. The van der Waals surface area contributed by atoms with Crippen LogP contribution < -0.4 is 5.32 Å². The molecule has 0 fully saturated rings. The van der Waals surface area contributed by atoms with E-state index < -0.39 is 0 Å². The Morgan fingerprint density at radius 3 is 2.70 bits per heavy atom. The van der Waals surface area contributed by atoms with E-state index in [-0.39, 0.29) is 0 Å². The summed E-state index contributed by atoms with van der Waals surface area (Å²) in [6.07, 6.45) is 1.59. The summed E-state index contributed by atoms with van der Waals surface area (Å²) in [6, 6.07) is 14.1. The second kappa shape index (κ2) is 5.13. The zero-order valence-electron chi connectivity index (χ0n) is 11.1. The number of nitrogens with zero attached hydrogens (tertiary/aromatic N) is 3. The summed E-state index contributed by atoms with van der Waals surface area (Å²) in [5, 5.41) is 6.75. The Hall–Kier alpha value is -2.69. The van der Waals surface area contributed by atoms with E-state index in [1.807, 2.05) is 18.2 Å². The Morgan fingerprint density at radius 1 is 1.20 bits per heavy atom. The van der Waals surface area contributed by atoms with Crippen molar-refractivity contribution in [1.82, 2.24) is 14.6 Å². The molecular weight excluding hydrogens is 252 g/mol. The first kappa shape index (κ1) is 12.3. The number of hydrogen-bond donors (Lipinski definition) is 1. The molecule has 3 rings (SSSR count). The summed E-state index contributed by atoms with van der Waals surface area (Å²) in [4.78, 5) is 14.7. The minimum absolute atomic E-state index is 0.303. The highest BCUT2D eigenvalue weighted by molar-refractivity contribution is 5.69. The van der Waals surface area contributed by atoms with Gasteiger partial charge in [0.2, 0.25) is 12.4 Å². The Labute approximate surface area is 116 Å². The van der Waals surface area contributed by atoms with Crippen molar-refractivity contribution in [2.75, 3.05) is 5.32 Å². The molecule has 0 aliphatic heterocycles. The zero-order chi connectivity index (χ0) is 13.9. The van der Waals surface area contributed by atoms with E-state index in [1.54, 1.807) is 4.52 Å². The molecule has 0 saturated heterocycles. The summed E-state index contributed by atoms with van der Waals surface area (Å²) in [5.41, 5.74) is 4.00. The number of aromatic nitrogens is 3. The molecule has 1 amide bonds. The molecule has 20 heavy (non-hydrogen) atoms. The van der Waals surface area contributed by atoms with Gasteiger partial charge in [-0.1, -0.05) is 37.3 Å². The molecule has 1 aromatic carbocycles. The van der Waals surface area contributed by atoms with Crippen LogP contribution in [0.15, 0.2) is 42.5 Å². The molecule has 2 heterocycles. The van der Waals surface area contributed by atoms with Crippen molar-refractivity contribution >= 4 is 18.0 Å². The molecule has 2 aromatic heterocycles. The average molecular weight is 266 g/mol. The van der Waals surface area contributed by atoms with Crippen LogP contribution in [0, 0.1) is 0 Å². The summed E-state index contributed by atoms with van der Waals surface area (Å²) in [7, 11) is 0. The van der Waals surface area contributed by atoms with Crippen LogP contribution in [0.4, 0.5) is 5.95 Å². The largest absolute Gasteiger partial charge is 0.296 e. The number of carbonyl (C=O) groups excluding carboxylic acids is 1. The fourth-order valence-corrected chi connectivity index (χ4v) is 2.15. The number of pyridine rings is 1. The van der Waals surface area contributed by atoms with E-state index in [2.05, 4.69) is 46.6 Å². The van der Waals surface area contributed by atoms with Crippen molar-refractivity contribution in [2.24, 2.45) is 0 Å². The van der Waals surface area contributed by atoms with Gasteiger partial charge in [0, 0.05) is 5.56 Å². The predicted octanol–water partition coefficient (Wildman–Crippen LogP) is 2.53. The van der Waals surface area contributed by atoms with E-state index in [9.17, 15) is 4.79 Å². The molecule has 1 N–H and O–H groups in total. The molecule has 0 spiro atoms. The third-order valence-electron chi connectivity index (χ3n) is 3.21. The molecule has 3 aromatic rings. The van der Waals surface area contributed by atoms with Gasteiger partial charge >= 0.3 is 0 Å². The Kier molecular flexibility index (Phi) is 3.16. The van der Waals surface area contributed by atoms with Crippen molar-refractivity contribution in [3.05, 3.63) is 48.0 Å². The third kappa shape index (κ3) is 2.14. The number of fused-ring (bicyclic) bond motifs is 1. The van der Waals surface area contributed by atoms with Gasteiger partial charge in [-0.15, -0.1) is 5.10 Å². The SMILES string of the molecule is CCc1ccc(-c2cccc3nc(NC=O)nn23)cc1. The highest BCUT2D eigenvalue weighted by atomic mass is 16.1. The lowest BCUT2D eigenvalue weighted by Gasteiger charge is -2.05. The minimum Gasteiger partial charge on any atom is -0.296 e. The van der Waals surface area contributed by atoms with Crippen LogP contribution in [-0.2, 0) is 11.2 Å². The van der Waals surface area contributed by atoms with Crippen molar-refractivity contribution in [1.29, 1.82) is 0 Å². The van der Waals surface area contributed by atoms with Crippen LogP contribution in [0.3, 0.4) is 0 Å². The van der Waals surface area contributed by atoms with Crippen molar-refractivity contribution in [2.45, 2.75) is 13.3 Å². The van der Waals surface area contributed by atoms with Crippen molar-refractivity contribution in [3.8, 4) is 11.3 Å². The number of hydrogen-bond acceptors (Lipinski definition) is 3. The summed E-state index contributed by atoms with van der Waals surface area (Å²) >= 11 is 0. The van der Waals surface area contributed by atoms with Gasteiger partial charge in [-0.3, -0.25) is 10.1 Å². The number of nitrogens with one attached hydrogen (secondary N) is 1. The minimum atomic E-state index is 0.303. The normalized spacial score (nSPS) is 10.7. The second-order valence-electron chi connectivity index (χ2n) is 4.43. The first-order valence-corrected chi connectivity index (χ1v) is 6.47. The van der Waals surface area contributed by atoms with Crippen LogP contribution >= 0.6 is 0 Å². The number of rotatable bonds is 4. The Balaban J connectivity index is 2.11. The molecule has 0 aliphatic carbocycles. The number of carbonyl (C=O) groups is 1. The highest BCUT2D eigenvalue weighted by Gasteiger charge is 2.08. The molecule has 5 heteroatoms. The zero-order valence-corrected chi connectivity index (χ0v) is 11.1. The van der Waals surface area contributed by atoms with Gasteiger partial charge in [0.05, 0.1) is 5.69 Å². The standard InChI is InChI=1S/C15H14N4O/c1-2-11-6-8-12(9-7-11)13-4-3-5-14-17-15(16-10-20)18-19(13)14/h3-10H,2H2,1H3,(H,16,18,20). The first-order chi connectivity index (χ1) is 9.81. The van der Waals surface area contributed by atoms with Gasteiger partial charge < -0.3 is 0 Å². The summed E-state index contributed by atoms with van der Waals surface area (Å²) in [6.45, 7) is 2.13. The number of aryl methyl sites for hydroxylation is 1. The van der Waals surface area contributed by atoms with E-state index in [0.717, 1.165) is 17.7 Å². The molecule has 5 nitrogen and oxygen atoms in total. The van der Waals surface area contributed by atoms with Gasteiger partial charge in [0.15, 0.2) is 5.65 Å². The van der Waals surface area contributed by atoms with Crippen LogP contribution in [0.5, 0.6) is 0 Å². The maximum atomic E-state index is 10.5. The lowest BCUT2D eigenvalue weighted by Crippen LogP contribution is -1.97. The van der Waals surface area contributed by atoms with E-state index >= 15 is 0 Å². The average Bonchev–Trinajstić information content (AvgIpc) is 2.90. The van der Waals surface area contributed by atoms with Gasteiger partial charge in [0.25, 0.3) is 0 Å². The maximum absolute atomic E-state index is 10.5. The molecule has 0 aliphatic rings. The molecule has 0 radical (unpaired) electrons. The van der Waals surface area contributed by atoms with E-state index in [0.29, 0.717) is 18.0 Å². The van der Waals surface area contributed by atoms with Crippen LogP contribution in [0.25, 0.3) is 16.9 Å². The quantitative estimate of drug-likeness (QED) is 0.738. The van der Waals surface area contributed by atoms with Crippen molar-refractivity contribution < 1.29 is 4.79 Å².